The molecule has 0 saturated heterocycles. The summed E-state index contributed by atoms with van der Waals surface area (Å²) in [6.45, 7) is 1.56. The number of sulfonamides is 1. The van der Waals surface area contributed by atoms with Crippen molar-refractivity contribution in [1.82, 2.24) is 4.31 Å². The summed E-state index contributed by atoms with van der Waals surface area (Å²) >= 11 is 0. The monoisotopic (exact) mass is 410 g/mol. The molecule has 0 N–H and O–H groups in total. The number of hydrogen-bond donors (Lipinski definition) is 0. The molecule has 0 aliphatic carbocycles. The van der Waals surface area contributed by atoms with E-state index in [1.807, 2.05) is 0 Å². The van der Waals surface area contributed by atoms with E-state index in [9.17, 15) is 27.7 Å². The molecule has 0 heterocycles. The lowest BCUT2D eigenvalue weighted by Crippen LogP contribution is -2.33. The molecule has 0 amide bonds. The molecule has 0 aromatic heterocycles. The molecule has 0 radical (unpaired) electrons. The first kappa shape index (κ1) is 21.5. The van der Waals surface area contributed by atoms with Gasteiger partial charge in [-0.2, -0.15) is 4.31 Å². The van der Waals surface area contributed by atoms with Gasteiger partial charge in [0.15, 0.2) is 0 Å². The van der Waals surface area contributed by atoms with Gasteiger partial charge in [0, 0.05) is 25.2 Å². The molecule has 0 bridgehead atoms. The number of hydrogen-bond acceptors (Lipinski definition) is 6. The fourth-order valence-corrected chi connectivity index (χ4v) is 3.84. The van der Waals surface area contributed by atoms with Crippen LogP contribution in [-0.2, 0) is 26.1 Å². The van der Waals surface area contributed by atoms with E-state index in [4.69, 9.17) is 4.74 Å². The molecule has 0 aliphatic heterocycles. The highest BCUT2D eigenvalue weighted by molar-refractivity contribution is 7.89. The molecule has 150 valence electrons. The van der Waals surface area contributed by atoms with E-state index in [-0.39, 0.29) is 36.7 Å². The molecule has 8 nitrogen and oxygen atoms in total. The number of nitro benzene ring substituents is 1. The van der Waals surface area contributed by atoms with Crippen LogP contribution in [0.3, 0.4) is 0 Å². The second-order valence-electron chi connectivity index (χ2n) is 5.77. The maximum Gasteiger partial charge on any atom is 0.307 e. The van der Waals surface area contributed by atoms with Crippen molar-refractivity contribution in [1.29, 1.82) is 0 Å². The molecular weight excluding hydrogens is 391 g/mol. The number of nitro groups is 1. The molecular formula is C18H19FN2O6S. The van der Waals surface area contributed by atoms with Gasteiger partial charge >= 0.3 is 5.97 Å². The lowest BCUT2D eigenvalue weighted by molar-refractivity contribution is -0.384. The summed E-state index contributed by atoms with van der Waals surface area (Å²) < 4.78 is 45.0. The van der Waals surface area contributed by atoms with E-state index in [2.05, 4.69) is 0 Å². The summed E-state index contributed by atoms with van der Waals surface area (Å²) in [7, 11) is -4.05. The largest absolute Gasteiger partial charge is 0.466 e. The molecule has 2 aromatic carbocycles. The van der Waals surface area contributed by atoms with Crippen LogP contribution in [0.15, 0.2) is 53.4 Å². The van der Waals surface area contributed by atoms with Gasteiger partial charge in [-0.3, -0.25) is 14.9 Å². The quantitative estimate of drug-likeness (QED) is 0.357. The zero-order valence-corrected chi connectivity index (χ0v) is 15.9. The Morgan fingerprint density at radius 2 is 1.75 bits per heavy atom. The third-order valence-electron chi connectivity index (χ3n) is 3.83. The van der Waals surface area contributed by atoms with Crippen molar-refractivity contribution in [3.8, 4) is 0 Å². The number of benzene rings is 2. The van der Waals surface area contributed by atoms with E-state index >= 15 is 0 Å². The van der Waals surface area contributed by atoms with Gasteiger partial charge in [0.2, 0.25) is 10.0 Å². The van der Waals surface area contributed by atoms with Crippen LogP contribution >= 0.6 is 0 Å². The lowest BCUT2D eigenvalue weighted by atomic mass is 10.2. The van der Waals surface area contributed by atoms with Gasteiger partial charge in [0.1, 0.15) is 5.82 Å². The molecule has 0 saturated carbocycles. The molecule has 0 spiro atoms. The van der Waals surface area contributed by atoms with Gasteiger partial charge in [-0.05, 0) is 36.8 Å². The summed E-state index contributed by atoms with van der Waals surface area (Å²) in [5.74, 6) is -1.01. The average molecular weight is 410 g/mol. The zero-order chi connectivity index (χ0) is 20.7. The van der Waals surface area contributed by atoms with Gasteiger partial charge in [-0.15, -0.1) is 0 Å². The van der Waals surface area contributed by atoms with Crippen molar-refractivity contribution in [2.45, 2.75) is 24.8 Å². The predicted octanol–water partition coefficient (Wildman–Crippen LogP) is 2.88. The van der Waals surface area contributed by atoms with Crippen molar-refractivity contribution >= 4 is 21.7 Å². The minimum Gasteiger partial charge on any atom is -0.466 e. The highest BCUT2D eigenvalue weighted by atomic mass is 32.2. The van der Waals surface area contributed by atoms with E-state index in [0.29, 0.717) is 5.56 Å². The van der Waals surface area contributed by atoms with Crippen molar-refractivity contribution in [2.75, 3.05) is 13.2 Å². The fraction of sp³-hybridized carbons (Fsp3) is 0.278. The highest BCUT2D eigenvalue weighted by Crippen LogP contribution is 2.22. The topological polar surface area (TPSA) is 107 Å². The Kier molecular flexibility index (Phi) is 7.18. The van der Waals surface area contributed by atoms with Crippen LogP contribution in [0, 0.1) is 15.9 Å². The molecule has 28 heavy (non-hydrogen) atoms. The molecule has 0 fully saturated rings. The minimum atomic E-state index is -4.05. The number of non-ortho nitro benzene ring substituents is 1. The number of nitrogens with zero attached hydrogens (tertiary/aromatic N) is 2. The van der Waals surface area contributed by atoms with Crippen molar-refractivity contribution < 1.29 is 27.3 Å². The lowest BCUT2D eigenvalue weighted by Gasteiger charge is -2.22. The van der Waals surface area contributed by atoms with Crippen LogP contribution in [0.1, 0.15) is 18.9 Å². The van der Waals surface area contributed by atoms with E-state index in [1.165, 1.54) is 24.3 Å². The van der Waals surface area contributed by atoms with E-state index < -0.39 is 26.7 Å². The first-order valence-corrected chi connectivity index (χ1v) is 9.82. The Labute approximate surface area is 161 Å². The Hall–Kier alpha value is -2.85. The summed E-state index contributed by atoms with van der Waals surface area (Å²) in [6.07, 6.45) is -0.165. The normalized spacial score (nSPS) is 11.4. The van der Waals surface area contributed by atoms with E-state index in [1.54, 1.807) is 6.92 Å². The maximum absolute atomic E-state index is 13.1. The SMILES string of the molecule is CCOC(=O)CCN(Cc1ccc(F)cc1)S(=O)(=O)c1ccc([N+](=O)[O-])cc1. The van der Waals surface area contributed by atoms with Crippen LogP contribution < -0.4 is 0 Å². The Morgan fingerprint density at radius 3 is 2.29 bits per heavy atom. The first-order chi connectivity index (χ1) is 13.2. The smallest absolute Gasteiger partial charge is 0.307 e. The summed E-state index contributed by atoms with van der Waals surface area (Å²) in [5.41, 5.74) is 0.284. The summed E-state index contributed by atoms with van der Waals surface area (Å²) in [5, 5.41) is 10.8. The zero-order valence-electron chi connectivity index (χ0n) is 15.1. The van der Waals surface area contributed by atoms with Crippen molar-refractivity contribution in [3.05, 3.63) is 70.0 Å². The third-order valence-corrected chi connectivity index (χ3v) is 5.69. The van der Waals surface area contributed by atoms with Crippen molar-refractivity contribution in [3.63, 3.8) is 0 Å². The van der Waals surface area contributed by atoms with Crippen LogP contribution in [0.2, 0.25) is 0 Å². The number of carbonyl (C=O) groups excluding carboxylic acids is 1. The number of carbonyl (C=O) groups is 1. The molecule has 2 rings (SSSR count). The standard InChI is InChI=1S/C18H19FN2O6S/c1-2-27-18(22)11-12-20(13-14-3-5-15(19)6-4-14)28(25,26)17-9-7-16(8-10-17)21(23)24/h3-10H,2,11-13H2,1H3. The molecule has 0 unspecified atom stereocenters. The second-order valence-corrected chi connectivity index (χ2v) is 7.71. The van der Waals surface area contributed by atoms with Crippen LogP contribution in [0.25, 0.3) is 0 Å². The average Bonchev–Trinajstić information content (AvgIpc) is 2.66. The van der Waals surface area contributed by atoms with Gasteiger partial charge in [-0.1, -0.05) is 12.1 Å². The summed E-state index contributed by atoms with van der Waals surface area (Å²) in [4.78, 5) is 21.6. The highest BCUT2D eigenvalue weighted by Gasteiger charge is 2.26. The minimum absolute atomic E-state index is 0.0982. The van der Waals surface area contributed by atoms with Gasteiger partial charge < -0.3 is 4.74 Å². The number of esters is 1. The second kappa shape index (κ2) is 9.38. The van der Waals surface area contributed by atoms with Crippen LogP contribution in [-0.4, -0.2) is 36.8 Å². The van der Waals surface area contributed by atoms with Gasteiger partial charge in [0.05, 0.1) is 22.8 Å². The number of ether oxygens (including phenoxy) is 1. The van der Waals surface area contributed by atoms with E-state index in [0.717, 1.165) is 28.6 Å². The molecule has 0 aliphatic rings. The van der Waals surface area contributed by atoms with Crippen LogP contribution in [0.4, 0.5) is 10.1 Å². The Morgan fingerprint density at radius 1 is 1.14 bits per heavy atom. The fourth-order valence-electron chi connectivity index (χ4n) is 2.42. The van der Waals surface area contributed by atoms with Gasteiger partial charge in [-0.25, -0.2) is 12.8 Å². The molecule has 10 heteroatoms. The maximum atomic E-state index is 13.1. The Balaban J connectivity index is 2.30. The van der Waals surface area contributed by atoms with Crippen molar-refractivity contribution in [2.24, 2.45) is 0 Å². The number of rotatable bonds is 9. The number of halogens is 1. The first-order valence-electron chi connectivity index (χ1n) is 8.38. The summed E-state index contributed by atoms with van der Waals surface area (Å²) in [6, 6.07) is 9.75. The van der Waals surface area contributed by atoms with Gasteiger partial charge in [0.25, 0.3) is 5.69 Å². The third kappa shape index (κ3) is 5.57. The molecule has 0 atom stereocenters. The Bertz CT molecular complexity index is 930. The predicted molar refractivity (Wildman–Crippen MR) is 98.3 cm³/mol. The molecule has 2 aromatic rings. The van der Waals surface area contributed by atoms with Crippen LogP contribution in [0.5, 0.6) is 0 Å².